The van der Waals surface area contributed by atoms with E-state index in [-0.39, 0.29) is 55.0 Å². The minimum atomic E-state index is -0.438. The van der Waals surface area contributed by atoms with Gasteiger partial charge in [-0.3, -0.25) is 24.1 Å². The molecule has 0 spiro atoms. The van der Waals surface area contributed by atoms with Crippen LogP contribution in [0.1, 0.15) is 19.3 Å². The van der Waals surface area contributed by atoms with Crippen LogP contribution in [0.3, 0.4) is 0 Å². The number of likely N-dealkylation sites (tertiary alicyclic amines) is 1. The van der Waals surface area contributed by atoms with Crippen molar-refractivity contribution in [2.24, 2.45) is 0 Å². The molecule has 1 heterocycles. The summed E-state index contributed by atoms with van der Waals surface area (Å²) in [6.45, 7) is 0.233. The highest BCUT2D eigenvalue weighted by Gasteiger charge is 2.39. The van der Waals surface area contributed by atoms with Gasteiger partial charge in [0, 0.05) is 41.2 Å². The number of nitrogens with zero attached hydrogens (tertiary/aromatic N) is 1. The van der Waals surface area contributed by atoms with Crippen molar-refractivity contribution >= 4 is 59.0 Å². The van der Waals surface area contributed by atoms with Crippen LogP contribution in [0.15, 0.2) is 0 Å². The molecule has 0 aliphatic carbocycles. The minimum Gasteiger partial charge on any atom is -0.469 e. The summed E-state index contributed by atoms with van der Waals surface area (Å²) in [7, 11) is 2.67. The second kappa shape index (κ2) is 14.1. The van der Waals surface area contributed by atoms with Crippen LogP contribution >= 0.6 is 35.3 Å². The Morgan fingerprint density at radius 2 is 1.79 bits per heavy atom. The van der Waals surface area contributed by atoms with Gasteiger partial charge in [0.2, 0.25) is 11.8 Å². The number of methoxy groups -OCH3 is 2. The molecule has 0 aromatic rings. The third-order valence-electron chi connectivity index (χ3n) is 3.87. The normalized spacial score (nSPS) is 17.7. The van der Waals surface area contributed by atoms with Crippen molar-refractivity contribution < 1.29 is 33.8 Å². The first kappa shape index (κ1) is 25.1. The number of ether oxygens (including phenoxy) is 2. The van der Waals surface area contributed by atoms with Gasteiger partial charge in [-0.1, -0.05) is 0 Å². The lowest BCUT2D eigenvalue weighted by Crippen LogP contribution is -2.38. The lowest BCUT2D eigenvalue weighted by Gasteiger charge is -2.22. The maximum atomic E-state index is 12.5. The smallest absolute Gasteiger partial charge is 0.306 e. The number of carbonyl (C=O) groups is 4. The molecule has 2 unspecified atom stereocenters. The van der Waals surface area contributed by atoms with Crippen LogP contribution in [-0.4, -0.2) is 94.6 Å². The number of esters is 2. The Morgan fingerprint density at radius 3 is 2.39 bits per heavy atom. The molecule has 2 amide bonds. The van der Waals surface area contributed by atoms with E-state index in [9.17, 15) is 19.2 Å². The van der Waals surface area contributed by atoms with Crippen molar-refractivity contribution in [1.82, 2.24) is 4.90 Å². The minimum absolute atomic E-state index is 0.0362. The summed E-state index contributed by atoms with van der Waals surface area (Å²) in [6, 6.07) is 0. The Labute approximate surface area is 177 Å². The summed E-state index contributed by atoms with van der Waals surface area (Å²) in [6.07, 6.45) is 0.696. The molecule has 1 fully saturated rings. The summed E-state index contributed by atoms with van der Waals surface area (Å²) in [4.78, 5) is 48.6. The molecule has 0 saturated carbocycles. The van der Waals surface area contributed by atoms with E-state index in [0.717, 1.165) is 0 Å². The van der Waals surface area contributed by atoms with Gasteiger partial charge >= 0.3 is 11.9 Å². The van der Waals surface area contributed by atoms with E-state index in [1.54, 1.807) is 11.8 Å². The van der Waals surface area contributed by atoms with Crippen LogP contribution in [0.5, 0.6) is 0 Å². The van der Waals surface area contributed by atoms with Crippen molar-refractivity contribution in [3.8, 4) is 0 Å². The van der Waals surface area contributed by atoms with E-state index in [1.807, 2.05) is 0 Å². The second-order valence-corrected chi connectivity index (χ2v) is 9.72. The van der Waals surface area contributed by atoms with E-state index in [2.05, 4.69) is 9.47 Å². The monoisotopic (exact) mass is 453 g/mol. The van der Waals surface area contributed by atoms with E-state index < -0.39 is 5.25 Å². The number of carbonyl (C=O) groups excluding carboxylic acids is 4. The van der Waals surface area contributed by atoms with E-state index >= 15 is 0 Å². The quantitative estimate of drug-likeness (QED) is 0.230. The molecule has 2 atom stereocenters. The van der Waals surface area contributed by atoms with Crippen LogP contribution in [0.25, 0.3) is 0 Å². The number of aliphatic hydroxyl groups excluding tert-OH is 1. The third kappa shape index (κ3) is 9.06. The van der Waals surface area contributed by atoms with Gasteiger partial charge in [0.1, 0.15) is 0 Å². The molecule has 0 radical (unpaired) electrons. The van der Waals surface area contributed by atoms with Gasteiger partial charge in [-0.15, -0.1) is 11.8 Å². The molecule has 1 rings (SSSR count). The first-order chi connectivity index (χ1) is 13.4. The van der Waals surface area contributed by atoms with E-state index in [4.69, 9.17) is 5.11 Å². The maximum Gasteiger partial charge on any atom is 0.306 e. The molecule has 1 aliphatic rings. The van der Waals surface area contributed by atoms with Gasteiger partial charge in [-0.2, -0.15) is 23.5 Å². The van der Waals surface area contributed by atoms with Gasteiger partial charge in [-0.05, 0) is 0 Å². The highest BCUT2D eigenvalue weighted by Crippen LogP contribution is 2.28. The molecule has 1 aliphatic heterocycles. The molecule has 1 saturated heterocycles. The summed E-state index contributed by atoms with van der Waals surface area (Å²) in [5.41, 5.74) is 0. The van der Waals surface area contributed by atoms with Gasteiger partial charge in [0.25, 0.3) is 0 Å². The zero-order valence-corrected chi connectivity index (χ0v) is 18.5. The molecule has 28 heavy (non-hydrogen) atoms. The molecule has 160 valence electrons. The van der Waals surface area contributed by atoms with Crippen LogP contribution in [0.2, 0.25) is 0 Å². The Kier molecular flexibility index (Phi) is 12.7. The molecule has 0 aromatic carbocycles. The second-order valence-electron chi connectivity index (χ2n) is 5.85. The van der Waals surface area contributed by atoms with Crippen LogP contribution in [0, 0.1) is 0 Å². The van der Waals surface area contributed by atoms with Crippen molar-refractivity contribution in [2.75, 3.05) is 50.4 Å². The SMILES string of the molecule is COC(=O)CCSCC(CN1C(=O)CC(SCCO)C1=O)SCCC(=O)OC. The van der Waals surface area contributed by atoms with E-state index in [0.29, 0.717) is 29.4 Å². The van der Waals surface area contributed by atoms with Crippen molar-refractivity contribution in [2.45, 2.75) is 29.8 Å². The Bertz CT molecular complexity index is 547. The number of amides is 2. The fourth-order valence-corrected chi connectivity index (χ4v) is 5.72. The first-order valence-electron chi connectivity index (χ1n) is 8.82. The molecule has 8 nitrogen and oxygen atoms in total. The van der Waals surface area contributed by atoms with Gasteiger partial charge in [-0.25, -0.2) is 0 Å². The fourth-order valence-electron chi connectivity index (χ4n) is 2.41. The zero-order chi connectivity index (χ0) is 20.9. The topological polar surface area (TPSA) is 110 Å². The van der Waals surface area contributed by atoms with E-state index in [1.165, 1.54) is 42.6 Å². The number of hydrogen-bond donors (Lipinski definition) is 1. The lowest BCUT2D eigenvalue weighted by molar-refractivity contribution is -0.141. The van der Waals surface area contributed by atoms with Gasteiger partial charge < -0.3 is 14.6 Å². The summed E-state index contributed by atoms with van der Waals surface area (Å²) < 4.78 is 9.25. The molecule has 0 bridgehead atoms. The van der Waals surface area contributed by atoms with Crippen LogP contribution in [-0.2, 0) is 28.7 Å². The lowest BCUT2D eigenvalue weighted by atomic mass is 10.4. The summed E-state index contributed by atoms with van der Waals surface area (Å²) in [5.74, 6) is 1.13. The summed E-state index contributed by atoms with van der Waals surface area (Å²) in [5, 5.41) is 8.43. The Hall–Kier alpha value is -0.910. The number of imide groups is 1. The first-order valence-corrected chi connectivity index (χ1v) is 12.1. The van der Waals surface area contributed by atoms with Gasteiger partial charge in [0.05, 0.1) is 38.9 Å². The fraction of sp³-hybridized carbons (Fsp3) is 0.765. The van der Waals surface area contributed by atoms with Crippen LogP contribution < -0.4 is 0 Å². The average Bonchev–Trinajstić information content (AvgIpc) is 2.96. The predicted octanol–water partition coefficient (Wildman–Crippen LogP) is 0.801. The van der Waals surface area contributed by atoms with Crippen LogP contribution in [0.4, 0.5) is 0 Å². The maximum absolute atomic E-state index is 12.5. The molecular formula is C17H27NO7S3. The van der Waals surface area contributed by atoms with Crippen molar-refractivity contribution in [3.63, 3.8) is 0 Å². The average molecular weight is 454 g/mol. The number of thioether (sulfide) groups is 3. The molecule has 11 heteroatoms. The standard InChI is InChI=1S/C17H27NO7S3/c1-24-15(21)3-6-26-11-12(27-7-4-16(22)25-2)10-18-14(20)9-13(17(18)23)28-8-5-19/h12-13,19H,3-11H2,1-2H3. The number of aliphatic hydroxyl groups is 1. The van der Waals surface area contributed by atoms with Crippen molar-refractivity contribution in [3.05, 3.63) is 0 Å². The largest absolute Gasteiger partial charge is 0.469 e. The number of hydrogen-bond acceptors (Lipinski definition) is 10. The predicted molar refractivity (Wildman–Crippen MR) is 112 cm³/mol. The highest BCUT2D eigenvalue weighted by atomic mass is 32.2. The molecular weight excluding hydrogens is 426 g/mol. The molecule has 0 aromatic heterocycles. The highest BCUT2D eigenvalue weighted by molar-refractivity contribution is 8.03. The van der Waals surface area contributed by atoms with Gasteiger partial charge in [0.15, 0.2) is 0 Å². The number of rotatable bonds is 14. The Morgan fingerprint density at radius 1 is 1.14 bits per heavy atom. The summed E-state index contributed by atoms with van der Waals surface area (Å²) >= 11 is 4.35. The molecule has 1 N–H and O–H groups in total. The zero-order valence-electron chi connectivity index (χ0n) is 16.1. The van der Waals surface area contributed by atoms with Crippen molar-refractivity contribution in [1.29, 1.82) is 0 Å². The Balaban J connectivity index is 2.59. The third-order valence-corrected chi connectivity index (χ3v) is 7.63.